The Morgan fingerprint density at radius 1 is 1.20 bits per heavy atom. The number of rotatable bonds is 3. The normalized spacial score (nSPS) is 11.4. The van der Waals surface area contributed by atoms with E-state index in [4.69, 9.17) is 0 Å². The fraction of sp³-hybridized carbons (Fsp3) is 0. The minimum Gasteiger partial charge on any atom is -0.296 e. The average molecular weight is 384 g/mol. The van der Waals surface area contributed by atoms with E-state index in [0.717, 1.165) is 21.0 Å². The molecular formula is C15H8N6OS3. The zero-order valence-electron chi connectivity index (χ0n) is 12.4. The molecule has 0 fully saturated rings. The second kappa shape index (κ2) is 5.69. The van der Waals surface area contributed by atoms with Gasteiger partial charge in [-0.2, -0.15) is 0 Å². The third-order valence-electron chi connectivity index (χ3n) is 3.49. The Kier molecular flexibility index (Phi) is 3.33. The summed E-state index contributed by atoms with van der Waals surface area (Å²) in [6, 6.07) is 7.43. The monoisotopic (exact) mass is 384 g/mol. The zero-order chi connectivity index (χ0) is 16.8. The Morgan fingerprint density at radius 3 is 3.04 bits per heavy atom. The van der Waals surface area contributed by atoms with Crippen molar-refractivity contribution in [1.29, 1.82) is 0 Å². The summed E-state index contributed by atoms with van der Waals surface area (Å²) < 4.78 is 1.98. The second-order valence-electron chi connectivity index (χ2n) is 5.05. The van der Waals surface area contributed by atoms with Gasteiger partial charge in [-0.1, -0.05) is 17.4 Å². The van der Waals surface area contributed by atoms with Gasteiger partial charge < -0.3 is 0 Å². The highest BCUT2D eigenvalue weighted by Crippen LogP contribution is 2.30. The first kappa shape index (κ1) is 14.6. The molecule has 0 radical (unpaired) electrons. The highest BCUT2D eigenvalue weighted by molar-refractivity contribution is 7.21. The number of imidazole rings is 1. The first-order valence-electron chi connectivity index (χ1n) is 7.19. The quantitative estimate of drug-likeness (QED) is 0.512. The summed E-state index contributed by atoms with van der Waals surface area (Å²) in [5.74, 6) is -0.212. The number of thiazole rings is 1. The first-order chi connectivity index (χ1) is 12.3. The Balaban J connectivity index is 1.41. The molecule has 25 heavy (non-hydrogen) atoms. The number of hydrogen-bond donors (Lipinski definition) is 1. The van der Waals surface area contributed by atoms with Crippen molar-refractivity contribution in [3.8, 4) is 10.7 Å². The fourth-order valence-electron chi connectivity index (χ4n) is 2.38. The molecule has 10 heteroatoms. The molecule has 5 rings (SSSR count). The van der Waals surface area contributed by atoms with Crippen molar-refractivity contribution in [2.45, 2.75) is 0 Å². The molecule has 0 aromatic carbocycles. The van der Waals surface area contributed by atoms with Crippen LogP contribution in [0.25, 0.3) is 26.0 Å². The lowest BCUT2D eigenvalue weighted by Crippen LogP contribution is -2.09. The number of nitrogens with one attached hydrogen (secondary N) is 1. The number of thiophene rings is 1. The number of carbonyl (C=O) groups is 1. The standard InChI is InChI=1S/C15H8N6OS3/c22-11(10-7-9-13(24-10)18-15-21(9)5-6-23-15)17-14-20-19-12(25-14)8-3-1-2-4-16-8/h1-7H,(H,17,20,22). The van der Waals surface area contributed by atoms with Crippen LogP contribution in [0.4, 0.5) is 5.13 Å². The molecule has 0 spiro atoms. The van der Waals surface area contributed by atoms with Gasteiger partial charge in [0.05, 0.1) is 10.4 Å². The van der Waals surface area contributed by atoms with Crippen molar-refractivity contribution in [2.75, 3.05) is 5.32 Å². The van der Waals surface area contributed by atoms with Crippen molar-refractivity contribution in [3.05, 3.63) is 46.9 Å². The average Bonchev–Trinajstić information content (AvgIpc) is 3.36. The van der Waals surface area contributed by atoms with E-state index in [0.29, 0.717) is 15.0 Å². The zero-order valence-corrected chi connectivity index (χ0v) is 14.9. The fourth-order valence-corrected chi connectivity index (χ4v) is 4.80. The lowest BCUT2D eigenvalue weighted by molar-refractivity contribution is 0.103. The minimum absolute atomic E-state index is 0.212. The van der Waals surface area contributed by atoms with Gasteiger partial charge in [0.15, 0.2) is 9.97 Å². The van der Waals surface area contributed by atoms with Crippen LogP contribution in [-0.4, -0.2) is 30.5 Å². The molecule has 5 aromatic heterocycles. The van der Waals surface area contributed by atoms with E-state index in [1.165, 1.54) is 22.7 Å². The Labute approximate surface area is 152 Å². The van der Waals surface area contributed by atoms with E-state index in [2.05, 4.69) is 25.5 Å². The Bertz CT molecular complexity index is 1200. The van der Waals surface area contributed by atoms with Gasteiger partial charge in [-0.25, -0.2) is 4.98 Å². The summed E-state index contributed by atoms with van der Waals surface area (Å²) in [7, 11) is 0. The topological polar surface area (TPSA) is 85.1 Å². The van der Waals surface area contributed by atoms with Crippen molar-refractivity contribution in [2.24, 2.45) is 0 Å². The molecule has 0 saturated heterocycles. The maximum absolute atomic E-state index is 12.5. The number of pyridine rings is 1. The molecule has 122 valence electrons. The smallest absolute Gasteiger partial charge is 0.267 e. The maximum Gasteiger partial charge on any atom is 0.267 e. The van der Waals surface area contributed by atoms with Crippen LogP contribution in [0.3, 0.4) is 0 Å². The van der Waals surface area contributed by atoms with Gasteiger partial charge in [0.2, 0.25) is 5.13 Å². The van der Waals surface area contributed by atoms with Gasteiger partial charge in [-0.15, -0.1) is 32.9 Å². The molecule has 7 nitrogen and oxygen atoms in total. The van der Waals surface area contributed by atoms with Crippen LogP contribution >= 0.6 is 34.0 Å². The summed E-state index contributed by atoms with van der Waals surface area (Å²) in [6.07, 6.45) is 3.65. The number of anilines is 1. The van der Waals surface area contributed by atoms with Crippen LogP contribution in [0.15, 0.2) is 42.0 Å². The lowest BCUT2D eigenvalue weighted by Gasteiger charge is -1.96. The van der Waals surface area contributed by atoms with Gasteiger partial charge >= 0.3 is 0 Å². The van der Waals surface area contributed by atoms with E-state index in [1.807, 2.05) is 40.2 Å². The number of nitrogens with zero attached hydrogens (tertiary/aromatic N) is 5. The molecule has 1 amide bonds. The third-order valence-corrected chi connectivity index (χ3v) is 6.13. The van der Waals surface area contributed by atoms with Crippen LogP contribution in [0.5, 0.6) is 0 Å². The maximum atomic E-state index is 12.5. The molecule has 0 atom stereocenters. The van der Waals surface area contributed by atoms with Crippen molar-refractivity contribution < 1.29 is 4.79 Å². The molecule has 0 aliphatic rings. The summed E-state index contributed by atoms with van der Waals surface area (Å²) >= 11 is 4.23. The largest absolute Gasteiger partial charge is 0.296 e. The molecule has 0 bridgehead atoms. The summed E-state index contributed by atoms with van der Waals surface area (Å²) in [5, 5.41) is 14.0. The van der Waals surface area contributed by atoms with Crippen LogP contribution < -0.4 is 5.32 Å². The van der Waals surface area contributed by atoms with Crippen LogP contribution in [0, 0.1) is 0 Å². The molecule has 0 aliphatic heterocycles. The molecule has 5 aromatic rings. The molecule has 0 aliphatic carbocycles. The number of fused-ring (bicyclic) bond motifs is 3. The molecule has 0 unspecified atom stereocenters. The van der Waals surface area contributed by atoms with Gasteiger partial charge in [-0.05, 0) is 18.2 Å². The van der Waals surface area contributed by atoms with Gasteiger partial charge in [0.1, 0.15) is 10.5 Å². The van der Waals surface area contributed by atoms with Gasteiger partial charge in [0.25, 0.3) is 5.91 Å². The van der Waals surface area contributed by atoms with Crippen molar-refractivity contribution in [3.63, 3.8) is 0 Å². The number of hydrogen-bond acceptors (Lipinski definition) is 8. The van der Waals surface area contributed by atoms with E-state index in [1.54, 1.807) is 17.5 Å². The van der Waals surface area contributed by atoms with E-state index < -0.39 is 0 Å². The van der Waals surface area contributed by atoms with Crippen molar-refractivity contribution in [1.82, 2.24) is 24.6 Å². The molecule has 5 heterocycles. The summed E-state index contributed by atoms with van der Waals surface area (Å²) in [5.41, 5.74) is 1.67. The predicted octanol–water partition coefficient (Wildman–Crippen LogP) is 3.78. The van der Waals surface area contributed by atoms with E-state index in [-0.39, 0.29) is 5.91 Å². The Hall–Kier alpha value is -2.69. The number of amides is 1. The number of aromatic nitrogens is 5. The SMILES string of the molecule is O=C(Nc1nnc(-c2ccccn2)s1)c1cc2c(nc3sccn32)s1. The van der Waals surface area contributed by atoms with E-state index >= 15 is 0 Å². The molecule has 1 N–H and O–H groups in total. The van der Waals surface area contributed by atoms with Gasteiger partial charge in [0, 0.05) is 17.8 Å². The molecular weight excluding hydrogens is 376 g/mol. The van der Waals surface area contributed by atoms with E-state index in [9.17, 15) is 4.79 Å². The summed E-state index contributed by atoms with van der Waals surface area (Å²) in [4.78, 5) is 23.6. The highest BCUT2D eigenvalue weighted by atomic mass is 32.1. The lowest BCUT2D eigenvalue weighted by atomic mass is 10.4. The molecule has 0 saturated carbocycles. The number of carbonyl (C=O) groups excluding carboxylic acids is 1. The highest BCUT2D eigenvalue weighted by Gasteiger charge is 2.17. The van der Waals surface area contributed by atoms with Crippen LogP contribution in [0.1, 0.15) is 9.67 Å². The Morgan fingerprint density at radius 2 is 2.16 bits per heavy atom. The van der Waals surface area contributed by atoms with Crippen LogP contribution in [0.2, 0.25) is 0 Å². The van der Waals surface area contributed by atoms with Crippen molar-refractivity contribution >= 4 is 60.4 Å². The first-order valence-corrected chi connectivity index (χ1v) is 9.70. The predicted molar refractivity (Wildman–Crippen MR) is 99.5 cm³/mol. The third kappa shape index (κ3) is 2.51. The van der Waals surface area contributed by atoms with Gasteiger partial charge in [-0.3, -0.25) is 19.5 Å². The summed E-state index contributed by atoms with van der Waals surface area (Å²) in [6.45, 7) is 0. The second-order valence-corrected chi connectivity index (χ2v) is 7.93. The van der Waals surface area contributed by atoms with Crippen LogP contribution in [-0.2, 0) is 0 Å². The minimum atomic E-state index is -0.212.